The van der Waals surface area contributed by atoms with E-state index < -0.39 is 55.8 Å². The molecule has 160 valence electrons. The summed E-state index contributed by atoms with van der Waals surface area (Å²) >= 11 is 2.58. The first-order valence-corrected chi connectivity index (χ1v) is 12.2. The number of nitrogens with one attached hydrogen (secondary N) is 1. The van der Waals surface area contributed by atoms with Gasteiger partial charge in [0.2, 0.25) is 5.91 Å². The molecule has 0 aromatic rings. The number of esters is 1. The average Bonchev–Trinajstić information content (AvgIpc) is 3.17. The first-order chi connectivity index (χ1) is 13.5. The molecule has 0 aliphatic carbocycles. The standard InChI is InChI=1S/C16H20N2O8S3.Na/c1-4-26-14(23)7(15-27-5-6-28-15)10(19)17-8-11(20)18-9(13(21)22)16(2,3)29(24,25)12(8)18;/h8-9,12H,4-6H2,1-3H3,(H,17,19)(H,21,22);/q;+1/p-1/t8-,9?,12-;/m1./s1. The molecule has 0 spiro atoms. The van der Waals surface area contributed by atoms with Crippen LogP contribution in [-0.2, 0) is 33.8 Å². The van der Waals surface area contributed by atoms with Gasteiger partial charge in [-0.15, -0.1) is 23.5 Å². The minimum atomic E-state index is -4.14. The van der Waals surface area contributed by atoms with Gasteiger partial charge < -0.3 is 24.9 Å². The number of hydrogen-bond acceptors (Lipinski definition) is 10. The van der Waals surface area contributed by atoms with Gasteiger partial charge >= 0.3 is 35.5 Å². The molecule has 0 aromatic heterocycles. The molecule has 3 aliphatic heterocycles. The summed E-state index contributed by atoms with van der Waals surface area (Å²) in [5, 5.41) is 12.2. The van der Waals surface area contributed by atoms with Crippen LogP contribution in [0.4, 0.5) is 0 Å². The number of carbonyl (C=O) groups excluding carboxylic acids is 4. The van der Waals surface area contributed by atoms with E-state index in [1.54, 1.807) is 6.92 Å². The van der Waals surface area contributed by atoms with E-state index in [1.807, 2.05) is 0 Å². The zero-order chi connectivity index (χ0) is 21.7. The largest absolute Gasteiger partial charge is 1.00 e. The molecule has 10 nitrogen and oxygen atoms in total. The molecule has 14 heteroatoms. The number of hydrogen-bond donors (Lipinski definition) is 1. The third-order valence-electron chi connectivity index (χ3n) is 5.04. The number of carboxylic acids is 1. The Morgan fingerprint density at radius 1 is 1.27 bits per heavy atom. The molecule has 30 heavy (non-hydrogen) atoms. The number of β-lactam (4-membered cyclic amide) rings is 1. The summed E-state index contributed by atoms with van der Waals surface area (Å²) in [5.41, 5.74) is -0.281. The van der Waals surface area contributed by atoms with Gasteiger partial charge in [-0.2, -0.15) is 0 Å². The predicted molar refractivity (Wildman–Crippen MR) is 103 cm³/mol. The van der Waals surface area contributed by atoms with Gasteiger partial charge in [0.25, 0.3) is 5.91 Å². The number of amides is 2. The molecule has 0 bridgehead atoms. The number of thioether (sulfide) groups is 2. The summed E-state index contributed by atoms with van der Waals surface area (Å²) in [6.07, 6.45) is 0. The van der Waals surface area contributed by atoms with Gasteiger partial charge in [0.1, 0.15) is 11.6 Å². The second kappa shape index (κ2) is 9.02. The molecular formula is C16H19N2NaO8S3. The Hall–Kier alpha value is -0.730. The van der Waals surface area contributed by atoms with E-state index in [4.69, 9.17) is 4.74 Å². The van der Waals surface area contributed by atoms with Gasteiger partial charge in [0, 0.05) is 11.5 Å². The molecular weight excluding hydrogens is 467 g/mol. The van der Waals surface area contributed by atoms with Gasteiger partial charge in [-0.1, -0.05) is 0 Å². The molecule has 3 rings (SSSR count). The fourth-order valence-electron chi connectivity index (χ4n) is 3.56. The molecule has 3 aliphatic rings. The maximum atomic E-state index is 12.8. The van der Waals surface area contributed by atoms with Crippen molar-refractivity contribution in [1.82, 2.24) is 10.2 Å². The van der Waals surface area contributed by atoms with Crippen LogP contribution in [0.2, 0.25) is 0 Å². The number of rotatable bonds is 5. The maximum absolute atomic E-state index is 12.8. The van der Waals surface area contributed by atoms with Crippen molar-refractivity contribution < 1.29 is 67.0 Å². The molecule has 3 saturated heterocycles. The van der Waals surface area contributed by atoms with E-state index in [1.165, 1.54) is 37.4 Å². The van der Waals surface area contributed by atoms with Crippen LogP contribution >= 0.6 is 23.5 Å². The zero-order valence-corrected chi connectivity index (χ0v) is 21.2. The second-order valence-corrected chi connectivity index (χ2v) is 12.1. The summed E-state index contributed by atoms with van der Waals surface area (Å²) < 4.78 is 29.3. The zero-order valence-electron chi connectivity index (χ0n) is 16.8. The fraction of sp³-hybridized carbons (Fsp3) is 0.625. The minimum Gasteiger partial charge on any atom is -0.548 e. The number of sulfone groups is 1. The molecule has 2 amide bonds. The Bertz CT molecular complexity index is 925. The van der Waals surface area contributed by atoms with Crippen molar-refractivity contribution >= 4 is 57.1 Å². The van der Waals surface area contributed by atoms with Crippen LogP contribution in [0.5, 0.6) is 0 Å². The summed E-state index contributed by atoms with van der Waals surface area (Å²) in [5.74, 6) is -2.97. The Balaban J connectivity index is 0.00000320. The maximum Gasteiger partial charge on any atom is 1.00 e. The van der Waals surface area contributed by atoms with Gasteiger partial charge in [0.15, 0.2) is 15.2 Å². The van der Waals surface area contributed by atoms with Crippen molar-refractivity contribution in [2.45, 2.75) is 43.0 Å². The van der Waals surface area contributed by atoms with Crippen LogP contribution in [0, 0.1) is 0 Å². The average molecular weight is 487 g/mol. The monoisotopic (exact) mass is 486 g/mol. The van der Waals surface area contributed by atoms with Crippen molar-refractivity contribution in [2.75, 3.05) is 18.1 Å². The van der Waals surface area contributed by atoms with Crippen LogP contribution in [0.25, 0.3) is 0 Å². The van der Waals surface area contributed by atoms with Gasteiger partial charge in [-0.3, -0.25) is 9.59 Å². The van der Waals surface area contributed by atoms with Crippen LogP contribution in [0.3, 0.4) is 0 Å². The molecule has 0 aromatic carbocycles. The molecule has 1 unspecified atom stereocenters. The Kier molecular flexibility index (Phi) is 7.68. The topological polar surface area (TPSA) is 150 Å². The normalized spacial score (nSPS) is 28.1. The van der Waals surface area contributed by atoms with E-state index in [9.17, 15) is 32.7 Å². The third kappa shape index (κ3) is 3.81. The smallest absolute Gasteiger partial charge is 0.548 e. The predicted octanol–water partition coefficient (Wildman–Crippen LogP) is -4.78. The first kappa shape index (κ1) is 25.5. The van der Waals surface area contributed by atoms with Gasteiger partial charge in [0.05, 0.1) is 27.6 Å². The van der Waals surface area contributed by atoms with E-state index >= 15 is 0 Å². The third-order valence-corrected chi connectivity index (χ3v) is 10.6. The van der Waals surface area contributed by atoms with E-state index in [0.717, 1.165) is 0 Å². The minimum absolute atomic E-state index is 0. The van der Waals surface area contributed by atoms with Crippen molar-refractivity contribution in [3.05, 3.63) is 9.81 Å². The number of nitrogens with zero attached hydrogens (tertiary/aromatic N) is 1. The van der Waals surface area contributed by atoms with Crippen molar-refractivity contribution in [3.8, 4) is 0 Å². The Morgan fingerprint density at radius 3 is 2.33 bits per heavy atom. The van der Waals surface area contributed by atoms with Crippen molar-refractivity contribution in [3.63, 3.8) is 0 Å². The molecule has 0 radical (unpaired) electrons. The summed E-state index contributed by atoms with van der Waals surface area (Å²) in [7, 11) is -4.14. The second-order valence-electron chi connectivity index (χ2n) is 7.04. The summed E-state index contributed by atoms with van der Waals surface area (Å²) in [6.45, 7) is 4.01. The van der Waals surface area contributed by atoms with Crippen LogP contribution in [0.1, 0.15) is 20.8 Å². The Labute approximate surface area is 204 Å². The number of carbonyl (C=O) groups is 4. The van der Waals surface area contributed by atoms with Gasteiger partial charge in [-0.25, -0.2) is 13.2 Å². The quantitative estimate of drug-likeness (QED) is 0.100. The van der Waals surface area contributed by atoms with Crippen molar-refractivity contribution in [1.29, 1.82) is 0 Å². The number of aliphatic carboxylic acids is 1. The first-order valence-electron chi connectivity index (χ1n) is 8.71. The Morgan fingerprint density at radius 2 is 1.83 bits per heavy atom. The molecule has 3 fully saturated rings. The van der Waals surface area contributed by atoms with E-state index in [0.29, 0.717) is 20.6 Å². The molecule has 1 N–H and O–H groups in total. The molecule has 3 atom stereocenters. The molecule has 3 heterocycles. The summed E-state index contributed by atoms with van der Waals surface area (Å²) in [4.78, 5) is 49.8. The van der Waals surface area contributed by atoms with Crippen LogP contribution in [0.15, 0.2) is 9.81 Å². The summed E-state index contributed by atoms with van der Waals surface area (Å²) in [6, 6.07) is -3.15. The number of ether oxygens (including phenoxy) is 1. The molecule has 0 saturated carbocycles. The fourth-order valence-corrected chi connectivity index (χ4v) is 8.28. The number of fused-ring (bicyclic) bond motifs is 1. The van der Waals surface area contributed by atoms with Crippen LogP contribution in [-0.4, -0.2) is 77.4 Å². The van der Waals surface area contributed by atoms with Crippen molar-refractivity contribution in [2.24, 2.45) is 0 Å². The van der Waals surface area contributed by atoms with Gasteiger partial charge in [-0.05, 0) is 20.8 Å². The van der Waals surface area contributed by atoms with E-state index in [-0.39, 0.29) is 41.7 Å². The SMILES string of the molecule is CCOC(=O)C(C(=O)N[C@@H]1C(=O)N2C(C(=O)[O-])C(C)(C)S(=O)(=O)[C@H]12)=C1SCCS1.[Na+]. The van der Waals surface area contributed by atoms with E-state index in [2.05, 4.69) is 5.32 Å². The van der Waals surface area contributed by atoms with Crippen LogP contribution < -0.4 is 40.0 Å². The number of carboxylic acid groups (broad SMARTS) is 1.